The first-order valence-electron chi connectivity index (χ1n) is 12.7. The van der Waals surface area contributed by atoms with Crippen LogP contribution in [0.25, 0.3) is 11.0 Å². The lowest BCUT2D eigenvalue weighted by molar-refractivity contribution is -0.301. The van der Waals surface area contributed by atoms with E-state index < -0.39 is 53.2 Å². The number of allylic oxidation sites excluding steroid dienone is 2. The van der Waals surface area contributed by atoms with E-state index in [9.17, 15) is 35.1 Å². The molecule has 1 aromatic heterocycles. The van der Waals surface area contributed by atoms with Crippen molar-refractivity contribution in [3.63, 3.8) is 0 Å². The normalized spacial score (nSPS) is 22.1. The summed E-state index contributed by atoms with van der Waals surface area (Å²) in [4.78, 5) is 25.8. The van der Waals surface area contributed by atoms with E-state index in [4.69, 9.17) is 13.9 Å². The van der Waals surface area contributed by atoms with E-state index >= 15 is 0 Å². The van der Waals surface area contributed by atoms with Crippen LogP contribution in [0, 0.1) is 6.92 Å². The Hall–Kier alpha value is -3.90. The van der Waals surface area contributed by atoms with Crippen LogP contribution in [-0.2, 0) is 11.2 Å². The van der Waals surface area contributed by atoms with Crippen molar-refractivity contribution in [3.05, 3.63) is 69.1 Å². The van der Waals surface area contributed by atoms with Crippen molar-refractivity contribution >= 4 is 22.6 Å². The lowest BCUT2D eigenvalue weighted by atomic mass is 9.90. The van der Waals surface area contributed by atoms with Crippen molar-refractivity contribution in [3.8, 4) is 17.2 Å². The van der Waals surface area contributed by atoms with Crippen molar-refractivity contribution in [2.24, 2.45) is 0 Å². The number of amides is 1. The van der Waals surface area contributed by atoms with E-state index in [0.717, 1.165) is 5.57 Å². The quantitative estimate of drug-likeness (QED) is 0.196. The Kier molecular flexibility index (Phi) is 7.95. The van der Waals surface area contributed by atoms with Gasteiger partial charge in [0.2, 0.25) is 6.29 Å². The number of anilines is 1. The van der Waals surface area contributed by atoms with E-state index in [2.05, 4.69) is 5.32 Å². The highest BCUT2D eigenvalue weighted by atomic mass is 16.7. The number of aryl methyl sites for hydroxylation is 1. The molecule has 11 heteroatoms. The molecule has 0 radical (unpaired) electrons. The second-order valence-corrected chi connectivity index (χ2v) is 10.6. The molecule has 1 saturated heterocycles. The summed E-state index contributed by atoms with van der Waals surface area (Å²) < 4.78 is 16.8. The maximum atomic E-state index is 12.9. The van der Waals surface area contributed by atoms with Gasteiger partial charge in [0.25, 0.3) is 5.91 Å². The number of aliphatic hydroxyl groups is 3. The van der Waals surface area contributed by atoms with E-state index in [0.29, 0.717) is 12.0 Å². The number of rotatable bonds is 6. The third kappa shape index (κ3) is 5.54. The summed E-state index contributed by atoms with van der Waals surface area (Å²) in [6, 6.07) is 7.11. The molecule has 0 spiro atoms. The van der Waals surface area contributed by atoms with Crippen molar-refractivity contribution < 1.29 is 44.2 Å². The second-order valence-electron chi connectivity index (χ2n) is 10.6. The molecule has 2 aromatic carbocycles. The first kappa shape index (κ1) is 29.1. The largest absolute Gasteiger partial charge is 0.508 e. The minimum atomic E-state index is -1.57. The first-order chi connectivity index (χ1) is 18.7. The topological polar surface area (TPSA) is 179 Å². The molecular formula is C29H33NO10. The lowest BCUT2D eigenvalue weighted by Gasteiger charge is -2.45. The van der Waals surface area contributed by atoms with Gasteiger partial charge < -0.3 is 44.7 Å². The van der Waals surface area contributed by atoms with Crippen LogP contribution >= 0.6 is 0 Å². The summed E-state index contributed by atoms with van der Waals surface area (Å²) in [5.74, 6) is -1.06. The van der Waals surface area contributed by atoms with E-state index in [1.54, 1.807) is 6.92 Å². The summed E-state index contributed by atoms with van der Waals surface area (Å²) in [6.45, 7) is 8.44. The number of ether oxygens (including phenoxy) is 2. The van der Waals surface area contributed by atoms with E-state index in [1.807, 2.05) is 19.9 Å². The molecule has 6 N–H and O–H groups in total. The average Bonchev–Trinajstić information content (AvgIpc) is 2.89. The van der Waals surface area contributed by atoms with Crippen LogP contribution in [0.3, 0.4) is 0 Å². The number of phenols is 1. The van der Waals surface area contributed by atoms with Gasteiger partial charge >= 0.3 is 5.63 Å². The van der Waals surface area contributed by atoms with Crippen LogP contribution in [0.1, 0.15) is 49.2 Å². The van der Waals surface area contributed by atoms with E-state index in [1.165, 1.54) is 44.2 Å². The van der Waals surface area contributed by atoms with Gasteiger partial charge in [0.15, 0.2) is 11.4 Å². The second kappa shape index (κ2) is 10.9. The third-order valence-electron chi connectivity index (χ3n) is 6.88. The maximum Gasteiger partial charge on any atom is 0.364 e. The molecule has 11 nitrogen and oxygen atoms in total. The molecule has 1 fully saturated rings. The molecule has 0 bridgehead atoms. The molecule has 214 valence electrons. The molecule has 40 heavy (non-hydrogen) atoms. The molecule has 3 aromatic rings. The van der Waals surface area contributed by atoms with Gasteiger partial charge in [-0.2, -0.15) is 0 Å². The Bertz CT molecular complexity index is 1540. The number of carbonyl (C=O) groups is 1. The summed E-state index contributed by atoms with van der Waals surface area (Å²) in [5.41, 5.74) is -0.740. The number of carbonyl (C=O) groups excluding carboxylic acids is 1. The molecule has 2 heterocycles. The fraction of sp³-hybridized carbons (Fsp3) is 0.379. The van der Waals surface area contributed by atoms with Gasteiger partial charge in [-0.15, -0.1) is 0 Å². The van der Waals surface area contributed by atoms with Gasteiger partial charge in [0.05, 0.1) is 11.0 Å². The molecule has 4 rings (SSSR count). The molecule has 1 aliphatic rings. The fourth-order valence-electron chi connectivity index (χ4n) is 4.41. The minimum Gasteiger partial charge on any atom is -0.508 e. The Morgan fingerprint density at radius 1 is 1.10 bits per heavy atom. The third-order valence-corrected chi connectivity index (χ3v) is 6.88. The van der Waals surface area contributed by atoms with Gasteiger partial charge in [0.1, 0.15) is 35.4 Å². The summed E-state index contributed by atoms with van der Waals surface area (Å²) in [6.07, 6.45) is -3.50. The highest BCUT2D eigenvalue weighted by Crippen LogP contribution is 2.37. The predicted molar refractivity (Wildman–Crippen MR) is 146 cm³/mol. The summed E-state index contributed by atoms with van der Waals surface area (Å²) in [7, 11) is 0. The molecule has 0 aliphatic carbocycles. The van der Waals surface area contributed by atoms with Gasteiger partial charge in [-0.1, -0.05) is 11.6 Å². The number of aromatic hydroxyl groups is 2. The number of aliphatic hydroxyl groups excluding tert-OH is 3. The summed E-state index contributed by atoms with van der Waals surface area (Å²) in [5, 5.41) is 54.2. The number of phenolic OH excluding ortho intramolecular Hbond substituents is 1. The molecule has 1 amide bonds. The number of nitrogens with one attached hydrogen (secondary N) is 1. The summed E-state index contributed by atoms with van der Waals surface area (Å²) >= 11 is 0. The SMILES string of the molecule is CC(C)=CCc1cc(C(=O)Nc2c(O)c3ccc(O[C@@H]4OC(C)(C)[C@H](O)[C@@H](O)[C@H]4O)c(C)c3oc2=O)ccc1O. The molecule has 1 aliphatic heterocycles. The van der Waals surface area contributed by atoms with E-state index in [-0.39, 0.29) is 33.6 Å². The Balaban J connectivity index is 1.63. The van der Waals surface area contributed by atoms with Crippen molar-refractivity contribution in [2.75, 3.05) is 5.32 Å². The van der Waals surface area contributed by atoms with Gasteiger partial charge in [-0.05, 0) is 76.9 Å². The van der Waals surface area contributed by atoms with Crippen molar-refractivity contribution in [2.45, 2.75) is 71.2 Å². The van der Waals surface area contributed by atoms with Crippen LogP contribution in [-0.4, -0.2) is 61.6 Å². The minimum absolute atomic E-state index is 0.0241. The Morgan fingerprint density at radius 2 is 1.80 bits per heavy atom. The number of benzene rings is 2. The highest BCUT2D eigenvalue weighted by molar-refractivity contribution is 6.06. The zero-order valence-electron chi connectivity index (χ0n) is 22.8. The zero-order chi connectivity index (χ0) is 29.5. The highest BCUT2D eigenvalue weighted by Gasteiger charge is 2.49. The maximum absolute atomic E-state index is 12.9. The van der Waals surface area contributed by atoms with Gasteiger partial charge in [0, 0.05) is 11.1 Å². The van der Waals surface area contributed by atoms with Gasteiger partial charge in [-0.3, -0.25) is 4.79 Å². The number of hydrogen-bond acceptors (Lipinski definition) is 10. The van der Waals surface area contributed by atoms with Crippen LogP contribution in [0.5, 0.6) is 17.2 Å². The average molecular weight is 556 g/mol. The van der Waals surface area contributed by atoms with Gasteiger partial charge in [-0.25, -0.2) is 4.79 Å². The predicted octanol–water partition coefficient (Wildman–Crippen LogP) is 2.87. The number of hydrogen-bond donors (Lipinski definition) is 6. The van der Waals surface area contributed by atoms with Crippen LogP contribution in [0.4, 0.5) is 5.69 Å². The molecule has 0 unspecified atom stereocenters. The fourth-order valence-corrected chi connectivity index (χ4v) is 4.41. The standard InChI is InChI=1S/C29H33NO10/c1-13(2)6-7-15-12-16(8-10-18(15)31)26(36)30-20-21(32)17-9-11-19(14(3)24(17)39-27(20)37)38-28-23(34)22(33)25(35)29(4,5)40-28/h6,8-12,22-23,25,28,31-35H,7H2,1-5H3,(H,30,36)/t22-,23+,25+,28+/m0/s1. The van der Waals surface area contributed by atoms with Crippen LogP contribution in [0.2, 0.25) is 0 Å². The Labute approximate surface area is 229 Å². The Morgan fingerprint density at radius 3 is 2.48 bits per heavy atom. The molecular weight excluding hydrogens is 522 g/mol. The van der Waals surface area contributed by atoms with Crippen LogP contribution in [0.15, 0.2) is 51.2 Å². The monoisotopic (exact) mass is 555 g/mol. The first-order valence-corrected chi connectivity index (χ1v) is 12.7. The molecule has 0 saturated carbocycles. The van der Waals surface area contributed by atoms with Crippen molar-refractivity contribution in [1.82, 2.24) is 0 Å². The smallest absolute Gasteiger partial charge is 0.364 e. The number of fused-ring (bicyclic) bond motifs is 1. The van der Waals surface area contributed by atoms with Crippen molar-refractivity contribution in [1.29, 1.82) is 0 Å². The zero-order valence-corrected chi connectivity index (χ0v) is 22.8. The van der Waals surface area contributed by atoms with Crippen LogP contribution < -0.4 is 15.7 Å². The lowest BCUT2D eigenvalue weighted by Crippen LogP contribution is -2.63. The molecule has 4 atom stereocenters.